The Bertz CT molecular complexity index is 1930. The molecule has 0 aliphatic rings. The first-order valence-electron chi connectivity index (χ1n) is 27.6. The van der Waals surface area contributed by atoms with Crippen molar-refractivity contribution in [3.8, 4) is 0 Å². The topological polar surface area (TPSA) is 12.7 Å². The van der Waals surface area contributed by atoms with Gasteiger partial charge < -0.3 is 4.57 Å². The molecule has 0 fully saturated rings. The second-order valence-electron chi connectivity index (χ2n) is 19.6. The molecule has 65 heavy (non-hydrogen) atoms. The molecule has 0 N–H and O–H groups in total. The molecule has 0 aliphatic heterocycles. The van der Waals surface area contributed by atoms with Crippen molar-refractivity contribution in [2.24, 2.45) is 0 Å². The van der Waals surface area contributed by atoms with Gasteiger partial charge in [-0.1, -0.05) is 206 Å². The smallest absolute Gasteiger partial charge is 0.205 e. The van der Waals surface area contributed by atoms with Crippen molar-refractivity contribution in [3.63, 3.8) is 0 Å². The summed E-state index contributed by atoms with van der Waals surface area (Å²) in [7, 11) is 0. The third-order valence-corrected chi connectivity index (χ3v) is 14.0. The maximum absolute atomic E-state index is 2.64. The first-order chi connectivity index (χ1) is 32.2. The van der Waals surface area contributed by atoms with Crippen LogP contribution in [0.15, 0.2) is 85.2 Å². The summed E-state index contributed by atoms with van der Waals surface area (Å²) in [6.07, 6.45) is 54.9. The Morgan fingerprint density at radius 1 is 0.354 bits per heavy atom. The Morgan fingerprint density at radius 2 is 0.692 bits per heavy atom. The highest BCUT2D eigenvalue weighted by atomic mass is 15.0. The number of pyridine rings is 2. The zero-order valence-electron chi connectivity index (χ0n) is 42.1. The van der Waals surface area contributed by atoms with Crippen LogP contribution < -0.4 is 9.13 Å². The van der Waals surface area contributed by atoms with E-state index in [2.05, 4.69) is 144 Å². The summed E-state index contributed by atoms with van der Waals surface area (Å²) in [6, 6.07) is 27.6. The molecule has 0 amide bonds. The molecule has 3 heterocycles. The summed E-state index contributed by atoms with van der Waals surface area (Å²) >= 11 is 0. The van der Waals surface area contributed by atoms with Crippen LogP contribution in [0.5, 0.6) is 0 Å². The average Bonchev–Trinajstić information content (AvgIpc) is 3.64. The SMILES string of the molecule is CCCCCCCCCCCCn1c2cc(/C=C/c3cccc[n+]3CCCCCCCCCCCC)ccc2c2ccc(/C=C/c3cccc[n+]3CCCCCCCCCCCC)cc21. The number of aromatic nitrogens is 3. The third-order valence-electron chi connectivity index (χ3n) is 14.0. The molecule has 0 spiro atoms. The molecule has 5 rings (SSSR count). The van der Waals surface area contributed by atoms with Gasteiger partial charge in [-0.15, -0.1) is 0 Å². The van der Waals surface area contributed by atoms with Gasteiger partial charge in [0.15, 0.2) is 12.4 Å². The zero-order valence-corrected chi connectivity index (χ0v) is 42.1. The first-order valence-corrected chi connectivity index (χ1v) is 27.6. The first kappa shape index (κ1) is 52.0. The largest absolute Gasteiger partial charge is 0.340 e. The molecule has 3 aromatic heterocycles. The van der Waals surface area contributed by atoms with Gasteiger partial charge in [0, 0.05) is 77.6 Å². The second kappa shape index (κ2) is 32.7. The van der Waals surface area contributed by atoms with Crippen LogP contribution in [0.1, 0.15) is 236 Å². The molecule has 0 atom stereocenters. The normalized spacial score (nSPS) is 12.0. The van der Waals surface area contributed by atoms with Gasteiger partial charge in [-0.05, 0) is 66.8 Å². The minimum atomic E-state index is 1.06. The van der Waals surface area contributed by atoms with E-state index in [1.165, 1.54) is 237 Å². The molecule has 0 unspecified atom stereocenters. The summed E-state index contributed by atoms with van der Waals surface area (Å²) in [5, 5.41) is 2.74. The van der Waals surface area contributed by atoms with Gasteiger partial charge >= 0.3 is 0 Å². The lowest BCUT2D eigenvalue weighted by Crippen LogP contribution is -2.36. The van der Waals surface area contributed by atoms with Gasteiger partial charge in [0.1, 0.15) is 13.1 Å². The van der Waals surface area contributed by atoms with Crippen molar-refractivity contribution in [3.05, 3.63) is 108 Å². The Hall–Kier alpha value is -3.98. The van der Waals surface area contributed by atoms with Gasteiger partial charge in [-0.3, -0.25) is 0 Å². The predicted molar refractivity (Wildman–Crippen MR) is 286 cm³/mol. The molecular weight excluding hydrogens is 787 g/mol. The van der Waals surface area contributed by atoms with Crippen molar-refractivity contribution >= 4 is 46.1 Å². The molecule has 0 saturated heterocycles. The predicted octanol–water partition coefficient (Wildman–Crippen LogP) is 18.5. The number of benzene rings is 2. The number of nitrogens with zero attached hydrogens (tertiary/aromatic N) is 3. The quantitative estimate of drug-likeness (QED) is 0.0278. The average molecular weight is 880 g/mol. The molecule has 354 valence electrons. The lowest BCUT2D eigenvalue weighted by Gasteiger charge is -2.09. The van der Waals surface area contributed by atoms with Crippen LogP contribution in [-0.2, 0) is 19.6 Å². The highest BCUT2D eigenvalue weighted by Crippen LogP contribution is 2.32. The van der Waals surface area contributed by atoms with E-state index < -0.39 is 0 Å². The molecule has 0 aliphatic carbocycles. The van der Waals surface area contributed by atoms with Crippen molar-refractivity contribution < 1.29 is 9.13 Å². The van der Waals surface area contributed by atoms with Crippen LogP contribution in [0.2, 0.25) is 0 Å². The Labute approximate surface area is 398 Å². The third kappa shape index (κ3) is 19.4. The van der Waals surface area contributed by atoms with E-state index in [0.29, 0.717) is 0 Å². The van der Waals surface area contributed by atoms with Crippen LogP contribution in [0.3, 0.4) is 0 Å². The number of hydrogen-bond acceptors (Lipinski definition) is 0. The van der Waals surface area contributed by atoms with Crippen LogP contribution in [-0.4, -0.2) is 4.57 Å². The zero-order chi connectivity index (χ0) is 45.4. The Kier molecular flexibility index (Phi) is 26.1. The lowest BCUT2D eigenvalue weighted by atomic mass is 10.1. The highest BCUT2D eigenvalue weighted by molar-refractivity contribution is 6.09. The van der Waals surface area contributed by atoms with Gasteiger partial charge in [0.05, 0.1) is 0 Å². The van der Waals surface area contributed by atoms with E-state index in [-0.39, 0.29) is 0 Å². The maximum Gasteiger partial charge on any atom is 0.205 e. The molecular formula is C62H93N3+2. The van der Waals surface area contributed by atoms with Crippen molar-refractivity contribution in [2.45, 2.75) is 233 Å². The molecule has 0 saturated carbocycles. The number of fused-ring (bicyclic) bond motifs is 3. The van der Waals surface area contributed by atoms with Crippen molar-refractivity contribution in [2.75, 3.05) is 0 Å². The van der Waals surface area contributed by atoms with Crippen LogP contribution in [0.25, 0.3) is 46.1 Å². The van der Waals surface area contributed by atoms with Gasteiger partial charge in [0.25, 0.3) is 0 Å². The second-order valence-corrected chi connectivity index (χ2v) is 19.6. The summed E-state index contributed by atoms with van der Waals surface area (Å²) in [5.41, 5.74) is 7.85. The Balaban J connectivity index is 1.25. The van der Waals surface area contributed by atoms with Crippen molar-refractivity contribution in [1.29, 1.82) is 0 Å². The summed E-state index contributed by atoms with van der Waals surface area (Å²) in [6.45, 7) is 10.2. The molecule has 0 radical (unpaired) electrons. The summed E-state index contributed by atoms with van der Waals surface area (Å²) in [5.74, 6) is 0. The minimum absolute atomic E-state index is 1.06. The van der Waals surface area contributed by atoms with Crippen LogP contribution in [0.4, 0.5) is 0 Å². The molecule has 2 aromatic carbocycles. The standard InChI is InChI=1S/C62H93N3/c1-4-7-10-13-16-19-22-25-28-33-48-63-50-36-31-38-57(63)44-40-55-42-46-59-60-47-43-56(54-62(60)65(61(59)53-55)52-35-30-27-24-21-18-15-12-9-6-3)41-45-58-39-32-37-51-64(58)49-34-29-26-23-20-17-14-11-8-5-2/h31-32,36-47,50-51,53-54H,4-30,33-35,48-49,52H2,1-3H3/q+2. The van der Waals surface area contributed by atoms with Gasteiger partial charge in [-0.2, -0.15) is 9.13 Å². The number of rotatable bonds is 37. The minimum Gasteiger partial charge on any atom is -0.340 e. The van der Waals surface area contributed by atoms with Crippen LogP contribution in [0, 0.1) is 0 Å². The number of unbranched alkanes of at least 4 members (excludes halogenated alkanes) is 27. The molecule has 3 heteroatoms. The molecule has 0 bridgehead atoms. The fourth-order valence-electron chi connectivity index (χ4n) is 9.93. The lowest BCUT2D eigenvalue weighted by molar-refractivity contribution is -0.699. The number of aryl methyl sites for hydroxylation is 3. The molecule has 5 aromatic rings. The summed E-state index contributed by atoms with van der Waals surface area (Å²) in [4.78, 5) is 0. The van der Waals surface area contributed by atoms with E-state index in [4.69, 9.17) is 0 Å². The molecule has 3 nitrogen and oxygen atoms in total. The number of hydrogen-bond donors (Lipinski definition) is 0. The maximum atomic E-state index is 2.64. The van der Waals surface area contributed by atoms with E-state index in [0.717, 1.165) is 19.6 Å². The van der Waals surface area contributed by atoms with Crippen molar-refractivity contribution in [1.82, 2.24) is 4.57 Å². The fourth-order valence-corrected chi connectivity index (χ4v) is 9.93. The summed E-state index contributed by atoms with van der Waals surface area (Å²) < 4.78 is 7.55. The van der Waals surface area contributed by atoms with E-state index in [1.807, 2.05) is 0 Å². The highest BCUT2D eigenvalue weighted by Gasteiger charge is 2.13. The van der Waals surface area contributed by atoms with E-state index in [1.54, 1.807) is 0 Å². The van der Waals surface area contributed by atoms with E-state index >= 15 is 0 Å². The van der Waals surface area contributed by atoms with Gasteiger partial charge in [0.2, 0.25) is 11.4 Å². The monoisotopic (exact) mass is 880 g/mol. The van der Waals surface area contributed by atoms with Crippen LogP contribution >= 0.6 is 0 Å². The van der Waals surface area contributed by atoms with E-state index in [9.17, 15) is 0 Å². The Morgan fingerprint density at radius 3 is 1.06 bits per heavy atom. The fraction of sp³-hybridized carbons (Fsp3) is 0.581. The van der Waals surface area contributed by atoms with Gasteiger partial charge in [-0.25, -0.2) is 0 Å².